The van der Waals surface area contributed by atoms with Crippen LogP contribution in [0.15, 0.2) is 48.5 Å². The second-order valence-corrected chi connectivity index (χ2v) is 6.52. The highest BCUT2D eigenvalue weighted by Gasteiger charge is 2.25. The molecule has 26 heavy (non-hydrogen) atoms. The summed E-state index contributed by atoms with van der Waals surface area (Å²) in [6, 6.07) is 16.0. The zero-order chi connectivity index (χ0) is 18.3. The first-order valence-electron chi connectivity index (χ1n) is 8.54. The molecule has 0 saturated carbocycles. The quantitative estimate of drug-likeness (QED) is 0.671. The molecule has 2 aromatic carbocycles. The molecule has 4 nitrogen and oxygen atoms in total. The first kappa shape index (κ1) is 16.2. The van der Waals surface area contributed by atoms with Crippen LogP contribution in [-0.4, -0.2) is 18.0 Å². The molecule has 1 aliphatic heterocycles. The maximum Gasteiger partial charge on any atom is 0.256 e. The molecule has 0 spiro atoms. The van der Waals surface area contributed by atoms with Gasteiger partial charge in [0.15, 0.2) is 0 Å². The van der Waals surface area contributed by atoms with Crippen molar-refractivity contribution in [3.63, 3.8) is 0 Å². The normalized spacial score (nSPS) is 14.4. The topological polar surface area (TPSA) is 54.1 Å². The van der Waals surface area contributed by atoms with Crippen molar-refractivity contribution in [3.05, 3.63) is 71.0 Å². The highest BCUT2D eigenvalue weighted by atomic mass is 16.5. The number of hydrogen-bond acceptors (Lipinski definition) is 2. The van der Waals surface area contributed by atoms with Crippen LogP contribution in [0.1, 0.15) is 22.5 Å². The Balaban J connectivity index is 1.78. The molecule has 1 amide bonds. The number of ether oxygens (including phenoxy) is 1. The van der Waals surface area contributed by atoms with Crippen molar-refractivity contribution in [2.24, 2.45) is 0 Å². The lowest BCUT2D eigenvalue weighted by Crippen LogP contribution is -2.03. The van der Waals surface area contributed by atoms with Crippen LogP contribution < -0.4 is 10.1 Å². The fourth-order valence-electron chi connectivity index (χ4n) is 3.43. The number of amides is 1. The molecule has 0 radical (unpaired) electrons. The van der Waals surface area contributed by atoms with Gasteiger partial charge in [0.25, 0.3) is 5.91 Å². The Hall–Kier alpha value is -3.27. The van der Waals surface area contributed by atoms with Crippen molar-refractivity contribution in [1.82, 2.24) is 4.98 Å². The number of aryl methyl sites for hydroxylation is 2. The van der Waals surface area contributed by atoms with Gasteiger partial charge in [-0.25, -0.2) is 0 Å². The van der Waals surface area contributed by atoms with Gasteiger partial charge in [0.05, 0.1) is 12.7 Å². The molecule has 4 heteroatoms. The molecule has 1 aliphatic rings. The third-order valence-electron chi connectivity index (χ3n) is 4.70. The van der Waals surface area contributed by atoms with E-state index in [1.165, 1.54) is 0 Å². The molecule has 0 saturated heterocycles. The Morgan fingerprint density at radius 1 is 1.00 bits per heavy atom. The number of hydrogen-bond donors (Lipinski definition) is 2. The van der Waals surface area contributed by atoms with Gasteiger partial charge in [0.1, 0.15) is 5.75 Å². The smallest absolute Gasteiger partial charge is 0.256 e. The van der Waals surface area contributed by atoms with Crippen molar-refractivity contribution >= 4 is 23.2 Å². The van der Waals surface area contributed by atoms with E-state index in [0.29, 0.717) is 5.57 Å². The van der Waals surface area contributed by atoms with Gasteiger partial charge >= 0.3 is 0 Å². The highest BCUT2D eigenvalue weighted by Crippen LogP contribution is 2.38. The number of aromatic nitrogens is 1. The number of nitrogens with one attached hydrogen (secondary N) is 2. The lowest BCUT2D eigenvalue weighted by molar-refractivity contribution is -0.110. The average Bonchev–Trinajstić information content (AvgIpc) is 3.12. The summed E-state index contributed by atoms with van der Waals surface area (Å²) >= 11 is 0. The summed E-state index contributed by atoms with van der Waals surface area (Å²) < 4.78 is 5.45. The number of benzene rings is 2. The van der Waals surface area contributed by atoms with Gasteiger partial charge in [-0.05, 0) is 49.2 Å². The highest BCUT2D eigenvalue weighted by molar-refractivity contribution is 6.35. The molecule has 0 fully saturated rings. The van der Waals surface area contributed by atoms with E-state index < -0.39 is 0 Å². The summed E-state index contributed by atoms with van der Waals surface area (Å²) in [5.41, 5.74) is 7.60. The number of carbonyl (C=O) groups excluding carboxylic acids is 1. The summed E-state index contributed by atoms with van der Waals surface area (Å²) in [4.78, 5) is 15.8. The molecule has 0 unspecified atom stereocenters. The Kier molecular flexibility index (Phi) is 3.88. The summed E-state index contributed by atoms with van der Waals surface area (Å²) in [5, 5.41) is 2.98. The average molecular weight is 344 g/mol. The largest absolute Gasteiger partial charge is 0.496 e. The Labute approximate surface area is 152 Å². The van der Waals surface area contributed by atoms with Gasteiger partial charge in [0, 0.05) is 28.2 Å². The maximum absolute atomic E-state index is 12.5. The second-order valence-electron chi connectivity index (χ2n) is 6.52. The summed E-state index contributed by atoms with van der Waals surface area (Å²) in [6.07, 6.45) is 1.92. The number of carbonyl (C=O) groups is 1. The summed E-state index contributed by atoms with van der Waals surface area (Å²) in [6.45, 7) is 4.05. The maximum atomic E-state index is 12.5. The van der Waals surface area contributed by atoms with Gasteiger partial charge in [-0.1, -0.05) is 30.3 Å². The molecular formula is C22H20N2O2. The van der Waals surface area contributed by atoms with E-state index >= 15 is 0 Å². The molecule has 2 N–H and O–H groups in total. The molecule has 0 aliphatic carbocycles. The third-order valence-corrected chi connectivity index (χ3v) is 4.70. The van der Waals surface area contributed by atoms with Crippen molar-refractivity contribution < 1.29 is 9.53 Å². The summed E-state index contributed by atoms with van der Waals surface area (Å²) in [7, 11) is 1.66. The fourth-order valence-corrected chi connectivity index (χ4v) is 3.43. The minimum absolute atomic E-state index is 0.0798. The van der Waals surface area contributed by atoms with E-state index in [-0.39, 0.29) is 5.91 Å². The van der Waals surface area contributed by atoms with Gasteiger partial charge < -0.3 is 15.0 Å². The standard InChI is InChI=1S/C22H20N2O2/c1-13-10-14(2)23-19(13)12-18-17-9-8-15(11-20(17)24-22(18)25)16-6-4-5-7-21(16)26-3/h4-12,23H,1-3H3,(H,24,25). The monoisotopic (exact) mass is 344 g/mol. The number of rotatable bonds is 3. The molecular weight excluding hydrogens is 324 g/mol. The van der Waals surface area contributed by atoms with Crippen molar-refractivity contribution in [2.45, 2.75) is 13.8 Å². The van der Waals surface area contributed by atoms with E-state index in [1.807, 2.05) is 62.4 Å². The number of aromatic amines is 1. The van der Waals surface area contributed by atoms with Gasteiger partial charge in [-0.15, -0.1) is 0 Å². The van der Waals surface area contributed by atoms with Crippen molar-refractivity contribution in [3.8, 4) is 16.9 Å². The zero-order valence-electron chi connectivity index (χ0n) is 15.0. The number of fused-ring (bicyclic) bond motifs is 1. The van der Waals surface area contributed by atoms with E-state index in [9.17, 15) is 4.79 Å². The zero-order valence-corrected chi connectivity index (χ0v) is 15.0. The molecule has 4 rings (SSSR count). The Morgan fingerprint density at radius 3 is 2.54 bits per heavy atom. The number of methoxy groups -OCH3 is 1. The molecule has 3 aromatic rings. The van der Waals surface area contributed by atoms with E-state index in [0.717, 1.165) is 45.1 Å². The Morgan fingerprint density at radius 2 is 1.81 bits per heavy atom. The molecule has 0 bridgehead atoms. The SMILES string of the molecule is COc1ccccc1-c1ccc2c(c1)NC(=O)C2=Cc1[nH]c(C)cc1C. The van der Waals surface area contributed by atoms with Crippen LogP contribution in [0.2, 0.25) is 0 Å². The van der Waals surface area contributed by atoms with Crippen molar-refractivity contribution in [1.29, 1.82) is 0 Å². The molecule has 0 atom stereocenters. The van der Waals surface area contributed by atoms with Gasteiger partial charge in [-0.3, -0.25) is 4.79 Å². The Bertz CT molecular complexity index is 1040. The minimum atomic E-state index is -0.0798. The lowest BCUT2D eigenvalue weighted by Gasteiger charge is -2.09. The van der Waals surface area contributed by atoms with Crippen LogP contribution in [0.4, 0.5) is 5.69 Å². The second kappa shape index (κ2) is 6.23. The van der Waals surface area contributed by atoms with Crippen LogP contribution in [-0.2, 0) is 4.79 Å². The van der Waals surface area contributed by atoms with Crippen LogP contribution >= 0.6 is 0 Å². The lowest BCUT2D eigenvalue weighted by atomic mass is 9.99. The number of anilines is 1. The van der Waals surface area contributed by atoms with Crippen LogP contribution in [0.5, 0.6) is 5.75 Å². The number of para-hydroxylation sites is 1. The molecule has 2 heterocycles. The van der Waals surface area contributed by atoms with Crippen LogP contribution in [0.3, 0.4) is 0 Å². The van der Waals surface area contributed by atoms with Crippen LogP contribution in [0.25, 0.3) is 22.8 Å². The first-order chi connectivity index (χ1) is 12.6. The molecule has 1 aromatic heterocycles. The van der Waals surface area contributed by atoms with E-state index in [1.54, 1.807) is 7.11 Å². The predicted octanol–water partition coefficient (Wildman–Crippen LogP) is 4.80. The summed E-state index contributed by atoms with van der Waals surface area (Å²) in [5.74, 6) is 0.730. The van der Waals surface area contributed by atoms with E-state index in [2.05, 4.69) is 16.4 Å². The van der Waals surface area contributed by atoms with E-state index in [4.69, 9.17) is 4.74 Å². The third kappa shape index (κ3) is 2.69. The van der Waals surface area contributed by atoms with Gasteiger partial charge in [0.2, 0.25) is 0 Å². The minimum Gasteiger partial charge on any atom is -0.496 e. The number of H-pyrrole nitrogens is 1. The molecule has 130 valence electrons. The first-order valence-corrected chi connectivity index (χ1v) is 8.54. The van der Waals surface area contributed by atoms with Gasteiger partial charge in [-0.2, -0.15) is 0 Å². The predicted molar refractivity (Wildman–Crippen MR) is 105 cm³/mol. The van der Waals surface area contributed by atoms with Crippen LogP contribution in [0, 0.1) is 13.8 Å². The fraction of sp³-hybridized carbons (Fsp3) is 0.136. The van der Waals surface area contributed by atoms with Crippen molar-refractivity contribution in [2.75, 3.05) is 12.4 Å².